The molecule has 11 heteroatoms. The van der Waals surface area contributed by atoms with Gasteiger partial charge in [0.2, 0.25) is 0 Å². The molecule has 32 heavy (non-hydrogen) atoms. The van der Waals surface area contributed by atoms with Gasteiger partial charge in [-0.3, -0.25) is 4.79 Å². The van der Waals surface area contributed by atoms with Crippen LogP contribution in [0, 0.1) is 0 Å². The average Bonchev–Trinajstić information content (AvgIpc) is 3.32. The standard InChI is InChI=1S/C21H21F2N3O5.K.H/c1-3-14-17(31-25-18(14)12-5-7-13(27)8-6-12)9-21(22,23)20(30)24-16-11-26(4-2)10-15(16)19(28)29;;/h5-8,10-11,27H,3-4,9H2,1-2H3,(H,24,30)(H,28,29);;/q;+1;-1. The molecule has 0 fully saturated rings. The van der Waals surface area contributed by atoms with Crippen LogP contribution in [0.25, 0.3) is 11.3 Å². The smallest absolute Gasteiger partial charge is 1.00 e. The van der Waals surface area contributed by atoms with E-state index in [-0.39, 0.29) is 75.6 Å². The number of phenolic OH excluding ortho intramolecular Hbond substituents is 1. The Morgan fingerprint density at radius 3 is 2.44 bits per heavy atom. The second kappa shape index (κ2) is 10.7. The maximum absolute atomic E-state index is 14.7. The normalized spacial score (nSPS) is 11.1. The van der Waals surface area contributed by atoms with E-state index >= 15 is 0 Å². The van der Waals surface area contributed by atoms with Crippen molar-refractivity contribution >= 4 is 17.6 Å². The molecule has 0 saturated carbocycles. The maximum Gasteiger partial charge on any atom is 1.00 e. The first-order valence-electron chi connectivity index (χ1n) is 9.55. The van der Waals surface area contributed by atoms with E-state index in [2.05, 4.69) is 5.16 Å². The van der Waals surface area contributed by atoms with Crippen LogP contribution in [0.15, 0.2) is 41.2 Å². The molecule has 0 aliphatic carbocycles. The van der Waals surface area contributed by atoms with Crippen molar-refractivity contribution < 1.29 is 85.9 Å². The number of aryl methyl sites for hydroxylation is 1. The number of carbonyl (C=O) groups excluding carboxylic acids is 1. The first-order chi connectivity index (χ1) is 14.7. The van der Waals surface area contributed by atoms with Gasteiger partial charge in [0.25, 0.3) is 5.91 Å². The molecule has 0 unspecified atom stereocenters. The first-order valence-corrected chi connectivity index (χ1v) is 9.55. The second-order valence-electron chi connectivity index (χ2n) is 6.89. The van der Waals surface area contributed by atoms with Gasteiger partial charge < -0.3 is 26.0 Å². The molecule has 0 bridgehead atoms. The summed E-state index contributed by atoms with van der Waals surface area (Å²) in [6, 6.07) is 6.03. The molecule has 0 spiro atoms. The number of nitrogens with zero attached hydrogens (tertiary/aromatic N) is 2. The number of carboxylic acids is 1. The largest absolute Gasteiger partial charge is 1.00 e. The zero-order valence-corrected chi connectivity index (χ0v) is 21.0. The molecular formula is C21H22F2KN3O5. The molecular weight excluding hydrogens is 451 g/mol. The fourth-order valence-corrected chi connectivity index (χ4v) is 3.15. The van der Waals surface area contributed by atoms with Crippen molar-refractivity contribution in [1.29, 1.82) is 0 Å². The van der Waals surface area contributed by atoms with Crippen molar-refractivity contribution in [3.63, 3.8) is 0 Å². The van der Waals surface area contributed by atoms with Crippen LogP contribution < -0.4 is 56.7 Å². The summed E-state index contributed by atoms with van der Waals surface area (Å²) in [5, 5.41) is 24.5. The van der Waals surface area contributed by atoms with Gasteiger partial charge in [-0.25, -0.2) is 4.79 Å². The summed E-state index contributed by atoms with van der Waals surface area (Å²) in [6.45, 7) is 3.89. The minimum atomic E-state index is -3.88. The van der Waals surface area contributed by atoms with Gasteiger partial charge in [-0.2, -0.15) is 8.78 Å². The summed E-state index contributed by atoms with van der Waals surface area (Å²) in [4.78, 5) is 23.6. The molecule has 3 rings (SSSR count). The van der Waals surface area contributed by atoms with E-state index in [0.29, 0.717) is 29.8 Å². The van der Waals surface area contributed by atoms with Crippen LogP contribution in [0.1, 0.15) is 37.0 Å². The molecule has 0 aliphatic heterocycles. The van der Waals surface area contributed by atoms with Crippen molar-refractivity contribution in [1.82, 2.24) is 9.72 Å². The fraction of sp³-hybridized carbons (Fsp3) is 0.286. The number of halogens is 2. The number of aromatic carboxylic acids is 1. The average molecular weight is 474 g/mol. The van der Waals surface area contributed by atoms with Crippen LogP contribution in [0.4, 0.5) is 14.5 Å². The van der Waals surface area contributed by atoms with Crippen molar-refractivity contribution in [2.24, 2.45) is 0 Å². The molecule has 0 saturated heterocycles. The number of hydrogen-bond acceptors (Lipinski definition) is 5. The zero-order chi connectivity index (χ0) is 22.8. The summed E-state index contributed by atoms with van der Waals surface area (Å²) in [5.74, 6) is -6.96. The Kier molecular flexibility index (Phi) is 8.77. The molecule has 8 nitrogen and oxygen atoms in total. The summed E-state index contributed by atoms with van der Waals surface area (Å²) < 4.78 is 36.0. The maximum atomic E-state index is 14.7. The van der Waals surface area contributed by atoms with E-state index in [1.54, 1.807) is 26.0 Å². The Morgan fingerprint density at radius 1 is 1.22 bits per heavy atom. The number of carboxylic acid groups (broad SMARTS) is 1. The molecule has 1 amide bonds. The number of aromatic hydroxyl groups is 1. The predicted molar refractivity (Wildman–Crippen MR) is 108 cm³/mol. The number of nitrogens with one attached hydrogen (secondary N) is 1. The van der Waals surface area contributed by atoms with E-state index < -0.39 is 24.2 Å². The minimum absolute atomic E-state index is 0. The van der Waals surface area contributed by atoms with Crippen molar-refractivity contribution in [3.05, 3.63) is 53.5 Å². The number of amides is 1. The molecule has 0 radical (unpaired) electrons. The van der Waals surface area contributed by atoms with Gasteiger partial charge in [0.05, 0.1) is 12.1 Å². The number of aromatic nitrogens is 2. The molecule has 2 heterocycles. The van der Waals surface area contributed by atoms with Crippen molar-refractivity contribution in [2.45, 2.75) is 39.2 Å². The Balaban J connectivity index is 0.00000272. The first kappa shape index (κ1) is 26.2. The predicted octanol–water partition coefficient (Wildman–Crippen LogP) is 1.06. The summed E-state index contributed by atoms with van der Waals surface area (Å²) in [5.41, 5.74) is 0.847. The fourth-order valence-electron chi connectivity index (χ4n) is 3.15. The third kappa shape index (κ3) is 5.65. The van der Waals surface area contributed by atoms with Gasteiger partial charge in [0.1, 0.15) is 22.8 Å². The number of carbonyl (C=O) groups is 2. The SMILES string of the molecule is CCc1c(-c2ccc(O)cc2)noc1CC(F)(F)C(=O)Nc1cn(CC)cc1C(=O)O.[H-].[K+]. The van der Waals surface area contributed by atoms with Crippen molar-refractivity contribution in [3.8, 4) is 17.0 Å². The Morgan fingerprint density at radius 2 is 1.88 bits per heavy atom. The number of hydrogen-bond donors (Lipinski definition) is 3. The van der Waals surface area contributed by atoms with Gasteiger partial charge >= 0.3 is 63.3 Å². The number of phenols is 1. The van der Waals surface area contributed by atoms with Crippen LogP contribution in [-0.4, -0.2) is 37.7 Å². The number of benzene rings is 1. The van der Waals surface area contributed by atoms with Gasteiger partial charge in [-0.05, 0) is 37.6 Å². The van der Waals surface area contributed by atoms with E-state index in [9.17, 15) is 28.6 Å². The second-order valence-corrected chi connectivity index (χ2v) is 6.89. The zero-order valence-electron chi connectivity index (χ0n) is 18.9. The molecule has 0 aliphatic rings. The third-order valence-electron chi connectivity index (χ3n) is 4.80. The Hall–Kier alpha value is -2.05. The van der Waals surface area contributed by atoms with Gasteiger partial charge in [0, 0.05) is 30.1 Å². The summed E-state index contributed by atoms with van der Waals surface area (Å²) >= 11 is 0. The van der Waals surface area contributed by atoms with Gasteiger partial charge in [0.15, 0.2) is 0 Å². The Bertz CT molecular complexity index is 1120. The molecule has 3 N–H and O–H groups in total. The van der Waals surface area contributed by atoms with Crippen LogP contribution in [0.2, 0.25) is 0 Å². The van der Waals surface area contributed by atoms with Crippen LogP contribution >= 0.6 is 0 Å². The monoisotopic (exact) mass is 473 g/mol. The van der Waals surface area contributed by atoms with E-state index in [1.165, 1.54) is 29.1 Å². The molecule has 166 valence electrons. The van der Waals surface area contributed by atoms with Crippen molar-refractivity contribution in [2.75, 3.05) is 5.32 Å². The molecule has 2 aromatic heterocycles. The van der Waals surface area contributed by atoms with Crippen LogP contribution in [-0.2, 0) is 24.2 Å². The molecule has 3 aromatic rings. The quantitative estimate of drug-likeness (QED) is 0.421. The molecule has 1 aromatic carbocycles. The number of rotatable bonds is 8. The van der Waals surface area contributed by atoms with Crippen LogP contribution in [0.5, 0.6) is 5.75 Å². The van der Waals surface area contributed by atoms with Crippen LogP contribution in [0.3, 0.4) is 0 Å². The van der Waals surface area contributed by atoms with Gasteiger partial charge in [-0.1, -0.05) is 12.1 Å². The topological polar surface area (TPSA) is 118 Å². The summed E-state index contributed by atoms with van der Waals surface area (Å²) in [7, 11) is 0. The van der Waals surface area contributed by atoms with Gasteiger partial charge in [-0.15, -0.1) is 0 Å². The van der Waals surface area contributed by atoms with E-state index in [4.69, 9.17) is 4.52 Å². The third-order valence-corrected chi connectivity index (χ3v) is 4.80. The minimum Gasteiger partial charge on any atom is -1.00 e. The Labute approximate surface area is 226 Å². The molecule has 0 atom stereocenters. The van der Waals surface area contributed by atoms with E-state index in [1.807, 2.05) is 5.32 Å². The van der Waals surface area contributed by atoms with E-state index in [0.717, 1.165) is 0 Å². The number of anilines is 1. The number of alkyl halides is 2. The summed E-state index contributed by atoms with van der Waals surface area (Å²) in [6.07, 6.45) is 1.83.